The lowest BCUT2D eigenvalue weighted by Gasteiger charge is -2.12. The minimum absolute atomic E-state index is 0.275. The standard InChI is InChI=1S/C21H17Cl2N5O2/c1-11-19-13(9-17(12-5-6-12)25-21(19)30-27-11)20(29)26-18-7-8-24-28(18)10-14-15(22)3-2-4-16(14)23/h2-4,7-9,12H,5-6,10H2,1H3,(H,26,29). The Morgan fingerprint density at radius 2 is 2.03 bits per heavy atom. The predicted octanol–water partition coefficient (Wildman–Crippen LogP) is 5.21. The summed E-state index contributed by atoms with van der Waals surface area (Å²) in [6, 6.07) is 8.89. The van der Waals surface area contributed by atoms with Gasteiger partial charge in [-0.05, 0) is 38.0 Å². The van der Waals surface area contributed by atoms with E-state index in [2.05, 4.69) is 20.6 Å². The summed E-state index contributed by atoms with van der Waals surface area (Å²) in [5, 5.41) is 12.9. The van der Waals surface area contributed by atoms with Crippen molar-refractivity contribution >= 4 is 46.0 Å². The summed E-state index contributed by atoms with van der Waals surface area (Å²) >= 11 is 12.6. The van der Waals surface area contributed by atoms with Gasteiger partial charge < -0.3 is 9.84 Å². The van der Waals surface area contributed by atoms with Crippen molar-refractivity contribution in [3.05, 3.63) is 69.1 Å². The Morgan fingerprint density at radius 1 is 1.27 bits per heavy atom. The maximum Gasteiger partial charge on any atom is 0.259 e. The fourth-order valence-corrected chi connectivity index (χ4v) is 3.98. The highest BCUT2D eigenvalue weighted by molar-refractivity contribution is 6.36. The Hall–Kier alpha value is -2.90. The summed E-state index contributed by atoms with van der Waals surface area (Å²) < 4.78 is 6.98. The molecule has 1 aliphatic carbocycles. The van der Waals surface area contributed by atoms with Crippen LogP contribution >= 0.6 is 23.2 Å². The molecule has 3 aromatic heterocycles. The molecule has 0 radical (unpaired) electrons. The van der Waals surface area contributed by atoms with Gasteiger partial charge in [-0.1, -0.05) is 34.4 Å². The first-order chi connectivity index (χ1) is 14.5. The number of carbonyl (C=O) groups is 1. The van der Waals surface area contributed by atoms with E-state index in [-0.39, 0.29) is 5.91 Å². The van der Waals surface area contributed by atoms with Gasteiger partial charge in [0, 0.05) is 33.3 Å². The lowest BCUT2D eigenvalue weighted by atomic mass is 10.1. The molecular formula is C21H17Cl2N5O2. The number of halogens is 2. The number of hydrogen-bond donors (Lipinski definition) is 1. The highest BCUT2D eigenvalue weighted by Gasteiger charge is 2.29. The summed E-state index contributed by atoms with van der Waals surface area (Å²) in [6.07, 6.45) is 3.75. The zero-order valence-electron chi connectivity index (χ0n) is 16.0. The van der Waals surface area contributed by atoms with Crippen molar-refractivity contribution in [2.24, 2.45) is 0 Å². The molecule has 5 rings (SSSR count). The van der Waals surface area contributed by atoms with Gasteiger partial charge in [-0.15, -0.1) is 0 Å². The molecule has 4 aromatic rings. The number of aryl methyl sites for hydroxylation is 1. The number of fused-ring (bicyclic) bond motifs is 1. The van der Waals surface area contributed by atoms with E-state index in [0.717, 1.165) is 24.1 Å². The summed E-state index contributed by atoms with van der Waals surface area (Å²) in [5.41, 5.74) is 3.10. The van der Waals surface area contributed by atoms with Crippen LogP contribution in [0.5, 0.6) is 0 Å². The van der Waals surface area contributed by atoms with Crippen LogP contribution in [0.2, 0.25) is 10.0 Å². The van der Waals surface area contributed by atoms with Gasteiger partial charge in [-0.25, -0.2) is 9.67 Å². The van der Waals surface area contributed by atoms with Gasteiger partial charge in [-0.3, -0.25) is 4.79 Å². The number of pyridine rings is 1. The van der Waals surface area contributed by atoms with Gasteiger partial charge in [0.15, 0.2) is 0 Å². The molecule has 30 heavy (non-hydrogen) atoms. The third-order valence-electron chi connectivity index (χ3n) is 5.20. The van der Waals surface area contributed by atoms with E-state index in [1.807, 2.05) is 6.07 Å². The van der Waals surface area contributed by atoms with Crippen LogP contribution in [0.15, 0.2) is 41.1 Å². The molecule has 1 amide bonds. The largest absolute Gasteiger partial charge is 0.336 e. The second-order valence-electron chi connectivity index (χ2n) is 7.35. The van der Waals surface area contributed by atoms with E-state index in [1.165, 1.54) is 0 Å². The maximum atomic E-state index is 13.2. The number of benzene rings is 1. The molecule has 0 bridgehead atoms. The Labute approximate surface area is 182 Å². The van der Waals surface area contributed by atoms with E-state index in [1.54, 1.807) is 42.1 Å². The van der Waals surface area contributed by atoms with E-state index in [0.29, 0.717) is 50.7 Å². The number of hydrogen-bond acceptors (Lipinski definition) is 5. The van der Waals surface area contributed by atoms with Crippen LogP contribution in [0.4, 0.5) is 5.82 Å². The summed E-state index contributed by atoms with van der Waals surface area (Å²) in [6.45, 7) is 2.12. The number of aromatic nitrogens is 4. The molecule has 1 saturated carbocycles. The molecule has 3 heterocycles. The fourth-order valence-electron chi connectivity index (χ4n) is 3.46. The molecule has 152 valence electrons. The molecule has 1 N–H and O–H groups in total. The Balaban J connectivity index is 1.47. The van der Waals surface area contributed by atoms with Crippen molar-refractivity contribution in [3.8, 4) is 0 Å². The van der Waals surface area contributed by atoms with Crippen molar-refractivity contribution in [1.82, 2.24) is 19.9 Å². The number of nitrogens with zero attached hydrogens (tertiary/aromatic N) is 4. The molecule has 9 heteroatoms. The fraction of sp³-hybridized carbons (Fsp3) is 0.238. The summed E-state index contributed by atoms with van der Waals surface area (Å²) in [7, 11) is 0. The SMILES string of the molecule is Cc1noc2nc(C3CC3)cc(C(=O)Nc3ccnn3Cc3c(Cl)cccc3Cl)c12. The van der Waals surface area contributed by atoms with Gasteiger partial charge in [0.25, 0.3) is 11.6 Å². The first-order valence-electron chi connectivity index (χ1n) is 9.54. The zero-order chi connectivity index (χ0) is 20.8. The van der Waals surface area contributed by atoms with E-state index in [9.17, 15) is 4.79 Å². The maximum absolute atomic E-state index is 13.2. The van der Waals surface area contributed by atoms with Gasteiger partial charge in [0.1, 0.15) is 5.82 Å². The lowest BCUT2D eigenvalue weighted by molar-refractivity contribution is 0.102. The molecule has 1 aromatic carbocycles. The topological polar surface area (TPSA) is 85.8 Å². The molecule has 0 unspecified atom stereocenters. The molecule has 0 aliphatic heterocycles. The van der Waals surface area contributed by atoms with E-state index >= 15 is 0 Å². The minimum Gasteiger partial charge on any atom is -0.336 e. The lowest BCUT2D eigenvalue weighted by Crippen LogP contribution is -2.17. The first kappa shape index (κ1) is 19.1. The van der Waals surface area contributed by atoms with Crippen molar-refractivity contribution in [2.75, 3.05) is 5.32 Å². The van der Waals surface area contributed by atoms with Crippen molar-refractivity contribution in [1.29, 1.82) is 0 Å². The normalized spacial score (nSPS) is 13.7. The van der Waals surface area contributed by atoms with Crippen molar-refractivity contribution < 1.29 is 9.32 Å². The van der Waals surface area contributed by atoms with E-state index in [4.69, 9.17) is 27.7 Å². The highest BCUT2D eigenvalue weighted by atomic mass is 35.5. The quantitative estimate of drug-likeness (QED) is 0.459. The minimum atomic E-state index is -0.275. The molecule has 0 atom stereocenters. The van der Waals surface area contributed by atoms with Gasteiger partial charge in [0.05, 0.1) is 29.4 Å². The van der Waals surface area contributed by atoms with Crippen LogP contribution in [0.25, 0.3) is 11.1 Å². The molecule has 0 spiro atoms. The van der Waals surface area contributed by atoms with Crippen molar-refractivity contribution in [2.45, 2.75) is 32.2 Å². The monoisotopic (exact) mass is 441 g/mol. The average Bonchev–Trinajstić information content (AvgIpc) is 3.39. The zero-order valence-corrected chi connectivity index (χ0v) is 17.5. The molecule has 1 aliphatic rings. The predicted molar refractivity (Wildman–Crippen MR) is 114 cm³/mol. The second kappa shape index (κ2) is 7.41. The first-order valence-corrected chi connectivity index (χ1v) is 10.3. The number of rotatable bonds is 5. The van der Waals surface area contributed by atoms with E-state index < -0.39 is 0 Å². The highest BCUT2D eigenvalue weighted by Crippen LogP contribution is 2.40. The van der Waals surface area contributed by atoms with Gasteiger partial charge in [-0.2, -0.15) is 5.10 Å². The van der Waals surface area contributed by atoms with Crippen LogP contribution in [-0.2, 0) is 6.54 Å². The average molecular weight is 442 g/mol. The molecule has 7 nitrogen and oxygen atoms in total. The molecule has 1 fully saturated rings. The van der Waals surface area contributed by atoms with Crippen LogP contribution in [-0.4, -0.2) is 25.8 Å². The number of amides is 1. The van der Waals surface area contributed by atoms with Crippen LogP contribution in [0, 0.1) is 6.92 Å². The van der Waals surface area contributed by atoms with Crippen LogP contribution < -0.4 is 5.32 Å². The van der Waals surface area contributed by atoms with Gasteiger partial charge in [0.2, 0.25) is 0 Å². The van der Waals surface area contributed by atoms with Gasteiger partial charge >= 0.3 is 0 Å². The Morgan fingerprint density at radius 3 is 2.77 bits per heavy atom. The van der Waals surface area contributed by atoms with Crippen molar-refractivity contribution in [3.63, 3.8) is 0 Å². The third kappa shape index (κ3) is 3.44. The summed E-state index contributed by atoms with van der Waals surface area (Å²) in [5.74, 6) is 0.630. The number of nitrogens with one attached hydrogen (secondary N) is 1. The third-order valence-corrected chi connectivity index (χ3v) is 5.91. The summed E-state index contributed by atoms with van der Waals surface area (Å²) in [4.78, 5) is 17.7. The molecule has 0 saturated heterocycles. The smallest absolute Gasteiger partial charge is 0.259 e. The Kier molecular flexibility index (Phi) is 4.72. The Bertz CT molecular complexity index is 1260. The van der Waals surface area contributed by atoms with Crippen LogP contribution in [0.3, 0.4) is 0 Å². The second-order valence-corrected chi connectivity index (χ2v) is 8.16. The van der Waals surface area contributed by atoms with Crippen LogP contribution in [0.1, 0.15) is 46.1 Å². The number of anilines is 1. The molecular weight excluding hydrogens is 425 g/mol. The number of carbonyl (C=O) groups excluding carboxylic acids is 1.